The van der Waals surface area contributed by atoms with Crippen LogP contribution in [0.4, 0.5) is 13.2 Å². The molecule has 1 aromatic rings. The molecule has 0 N–H and O–H groups in total. The summed E-state index contributed by atoms with van der Waals surface area (Å²) in [5, 5.41) is 0. The summed E-state index contributed by atoms with van der Waals surface area (Å²) in [6.45, 7) is 4.57. The van der Waals surface area contributed by atoms with E-state index in [2.05, 4.69) is 0 Å². The Hall–Kier alpha value is -1.85. The molecular formula is C15H15F3O3. The van der Waals surface area contributed by atoms with E-state index >= 15 is 0 Å². The van der Waals surface area contributed by atoms with Crippen LogP contribution in [0, 0.1) is 11.2 Å². The zero-order chi connectivity index (χ0) is 16.0. The smallest absolute Gasteiger partial charge is 0.326 e. The number of ketones is 1. The molecule has 1 aliphatic carbocycles. The van der Waals surface area contributed by atoms with E-state index in [-0.39, 0.29) is 11.1 Å². The number of halogens is 3. The van der Waals surface area contributed by atoms with Crippen molar-refractivity contribution in [1.82, 2.24) is 0 Å². The Morgan fingerprint density at radius 3 is 2.48 bits per heavy atom. The predicted octanol–water partition coefficient (Wildman–Crippen LogP) is 3.16. The first-order valence-corrected chi connectivity index (χ1v) is 6.43. The van der Waals surface area contributed by atoms with E-state index in [4.69, 9.17) is 4.74 Å². The van der Waals surface area contributed by atoms with Crippen LogP contribution in [0.25, 0.3) is 0 Å². The third-order valence-electron chi connectivity index (χ3n) is 3.32. The number of alkyl halides is 2. The van der Waals surface area contributed by atoms with Crippen molar-refractivity contribution in [2.75, 3.05) is 0 Å². The summed E-state index contributed by atoms with van der Waals surface area (Å²) < 4.78 is 45.2. The summed E-state index contributed by atoms with van der Waals surface area (Å²) in [5.74, 6) is -2.93. The minimum absolute atomic E-state index is 0.0532. The lowest BCUT2D eigenvalue weighted by Gasteiger charge is -2.29. The molecule has 1 aromatic carbocycles. The second kappa shape index (κ2) is 4.86. The predicted molar refractivity (Wildman–Crippen MR) is 68.7 cm³/mol. The normalized spacial score (nSPS) is 21.6. The molecule has 1 unspecified atom stereocenters. The van der Waals surface area contributed by atoms with Crippen LogP contribution in [0.15, 0.2) is 18.2 Å². The zero-order valence-corrected chi connectivity index (χ0v) is 11.9. The van der Waals surface area contributed by atoms with Gasteiger partial charge in [-0.25, -0.2) is 13.2 Å². The Labute approximate surface area is 120 Å². The molecule has 0 bridgehead atoms. The summed E-state index contributed by atoms with van der Waals surface area (Å²) in [7, 11) is 0. The third-order valence-corrected chi connectivity index (χ3v) is 3.32. The minimum atomic E-state index is -3.23. The lowest BCUT2D eigenvalue weighted by molar-refractivity contribution is -0.171. The third kappa shape index (κ3) is 2.54. The standard InChI is InChI=1S/C15H15F3O3/c1-14(2,3)21-13(20)15(12(17)18)7-8-6-9(16)4-5-10(8)11(15)19/h4-6,12H,7H2,1-3H3. The first-order chi connectivity index (χ1) is 9.58. The van der Waals surface area contributed by atoms with Gasteiger partial charge in [0, 0.05) is 12.0 Å². The number of benzene rings is 1. The molecule has 0 fully saturated rings. The van der Waals surface area contributed by atoms with E-state index in [0.29, 0.717) is 0 Å². The van der Waals surface area contributed by atoms with E-state index in [0.717, 1.165) is 18.2 Å². The molecule has 0 spiro atoms. The van der Waals surface area contributed by atoms with Crippen LogP contribution < -0.4 is 0 Å². The molecule has 0 saturated carbocycles. The first-order valence-electron chi connectivity index (χ1n) is 6.43. The van der Waals surface area contributed by atoms with Crippen LogP contribution >= 0.6 is 0 Å². The van der Waals surface area contributed by atoms with Crippen molar-refractivity contribution in [2.24, 2.45) is 5.41 Å². The number of hydrogen-bond acceptors (Lipinski definition) is 3. The van der Waals surface area contributed by atoms with Gasteiger partial charge in [0.05, 0.1) is 0 Å². The molecule has 6 heteroatoms. The number of fused-ring (bicyclic) bond motifs is 1. The van der Waals surface area contributed by atoms with Crippen LogP contribution in [-0.2, 0) is 16.0 Å². The topological polar surface area (TPSA) is 43.4 Å². The van der Waals surface area contributed by atoms with Gasteiger partial charge in [0.25, 0.3) is 6.43 Å². The number of hydrogen-bond donors (Lipinski definition) is 0. The van der Waals surface area contributed by atoms with Gasteiger partial charge >= 0.3 is 5.97 Å². The average molecular weight is 300 g/mol. The summed E-state index contributed by atoms with van der Waals surface area (Å²) in [6, 6.07) is 3.14. The Morgan fingerprint density at radius 2 is 1.95 bits per heavy atom. The van der Waals surface area contributed by atoms with Gasteiger partial charge in [0.2, 0.25) is 0 Å². The SMILES string of the molecule is CC(C)(C)OC(=O)C1(C(F)F)Cc2cc(F)ccc2C1=O. The monoisotopic (exact) mass is 300 g/mol. The Balaban J connectivity index is 2.47. The molecule has 0 amide bonds. The average Bonchev–Trinajstić information content (AvgIpc) is 2.61. The maximum atomic E-state index is 13.5. The number of ether oxygens (including phenoxy) is 1. The molecule has 2 rings (SSSR count). The quantitative estimate of drug-likeness (QED) is 0.622. The van der Waals surface area contributed by atoms with E-state index in [1.807, 2.05) is 0 Å². The van der Waals surface area contributed by atoms with Gasteiger partial charge in [-0.1, -0.05) is 0 Å². The first kappa shape index (κ1) is 15.5. The van der Waals surface area contributed by atoms with Gasteiger partial charge in [-0.2, -0.15) is 0 Å². The second-order valence-electron chi connectivity index (χ2n) is 6.08. The van der Waals surface area contributed by atoms with Crippen molar-refractivity contribution < 1.29 is 27.5 Å². The molecule has 0 aromatic heterocycles. The number of esters is 1. The highest BCUT2D eigenvalue weighted by Gasteiger charge is 2.60. The van der Waals surface area contributed by atoms with Crippen LogP contribution in [-0.4, -0.2) is 23.8 Å². The molecule has 0 saturated heterocycles. The van der Waals surface area contributed by atoms with Gasteiger partial charge < -0.3 is 4.74 Å². The molecule has 0 heterocycles. The fourth-order valence-corrected chi connectivity index (χ4v) is 2.35. The Morgan fingerprint density at radius 1 is 1.33 bits per heavy atom. The van der Waals surface area contributed by atoms with Crippen molar-refractivity contribution >= 4 is 11.8 Å². The molecule has 21 heavy (non-hydrogen) atoms. The molecular weight excluding hydrogens is 285 g/mol. The Kier molecular flexibility index (Phi) is 3.59. The highest BCUT2D eigenvalue weighted by Crippen LogP contribution is 2.43. The molecule has 114 valence electrons. The van der Waals surface area contributed by atoms with Crippen molar-refractivity contribution in [3.8, 4) is 0 Å². The van der Waals surface area contributed by atoms with Crippen molar-refractivity contribution in [3.05, 3.63) is 35.1 Å². The number of carbonyl (C=O) groups is 2. The molecule has 3 nitrogen and oxygen atoms in total. The lowest BCUT2D eigenvalue weighted by Crippen LogP contribution is -2.47. The van der Waals surface area contributed by atoms with Crippen LogP contribution in [0.3, 0.4) is 0 Å². The van der Waals surface area contributed by atoms with Gasteiger partial charge in [-0.15, -0.1) is 0 Å². The fourth-order valence-electron chi connectivity index (χ4n) is 2.35. The summed E-state index contributed by atoms with van der Waals surface area (Å²) >= 11 is 0. The minimum Gasteiger partial charge on any atom is -0.459 e. The number of rotatable bonds is 2. The van der Waals surface area contributed by atoms with Crippen molar-refractivity contribution in [1.29, 1.82) is 0 Å². The largest absolute Gasteiger partial charge is 0.459 e. The van der Waals surface area contributed by atoms with Gasteiger partial charge in [0.15, 0.2) is 11.2 Å². The number of Topliss-reactive ketones (excluding diaryl/α,β-unsaturated/α-hetero) is 1. The number of carbonyl (C=O) groups excluding carboxylic acids is 2. The van der Waals surface area contributed by atoms with Crippen LogP contribution in [0.2, 0.25) is 0 Å². The highest BCUT2D eigenvalue weighted by molar-refractivity contribution is 6.16. The Bertz CT molecular complexity index is 605. The fraction of sp³-hybridized carbons (Fsp3) is 0.467. The van der Waals surface area contributed by atoms with E-state index < -0.39 is 41.4 Å². The van der Waals surface area contributed by atoms with Gasteiger partial charge in [0.1, 0.15) is 11.4 Å². The van der Waals surface area contributed by atoms with Gasteiger partial charge in [-0.05, 0) is 44.5 Å². The van der Waals surface area contributed by atoms with E-state index in [1.165, 1.54) is 20.8 Å². The lowest BCUT2D eigenvalue weighted by atomic mass is 9.84. The highest BCUT2D eigenvalue weighted by atomic mass is 19.3. The summed E-state index contributed by atoms with van der Waals surface area (Å²) in [4.78, 5) is 24.5. The molecule has 0 radical (unpaired) electrons. The second-order valence-corrected chi connectivity index (χ2v) is 6.08. The van der Waals surface area contributed by atoms with Crippen molar-refractivity contribution in [3.63, 3.8) is 0 Å². The molecule has 0 aliphatic heterocycles. The summed E-state index contributed by atoms with van der Waals surface area (Å²) in [5.41, 5.74) is -3.53. The van der Waals surface area contributed by atoms with Crippen LogP contribution in [0.1, 0.15) is 36.7 Å². The maximum absolute atomic E-state index is 13.5. The van der Waals surface area contributed by atoms with E-state index in [1.54, 1.807) is 0 Å². The van der Waals surface area contributed by atoms with Gasteiger partial charge in [-0.3, -0.25) is 9.59 Å². The van der Waals surface area contributed by atoms with E-state index in [9.17, 15) is 22.8 Å². The molecule has 1 aliphatic rings. The summed E-state index contributed by atoms with van der Waals surface area (Å²) in [6.07, 6.45) is -3.78. The van der Waals surface area contributed by atoms with Crippen molar-refractivity contribution in [2.45, 2.75) is 39.2 Å². The maximum Gasteiger partial charge on any atom is 0.326 e. The zero-order valence-electron chi connectivity index (χ0n) is 11.9. The molecule has 1 atom stereocenters. The van der Waals surface area contributed by atoms with Crippen LogP contribution in [0.5, 0.6) is 0 Å².